The second kappa shape index (κ2) is 11.4. The van der Waals surface area contributed by atoms with E-state index in [2.05, 4.69) is 0 Å². The molecule has 3 aromatic rings. The van der Waals surface area contributed by atoms with Crippen molar-refractivity contribution >= 4 is 11.0 Å². The van der Waals surface area contributed by atoms with E-state index in [1.54, 1.807) is 0 Å². The Hall–Kier alpha value is -3.51. The van der Waals surface area contributed by atoms with Crippen LogP contribution >= 0.6 is 0 Å². The molecular formula is C26H28O15. The fraction of sp³-hybridized carbons (Fsp3) is 0.423. The van der Waals surface area contributed by atoms with Crippen LogP contribution in [0.4, 0.5) is 0 Å². The van der Waals surface area contributed by atoms with Gasteiger partial charge in [0.25, 0.3) is 0 Å². The number of hydrogen-bond acceptors (Lipinski definition) is 15. The lowest BCUT2D eigenvalue weighted by Gasteiger charge is -2.39. The molecule has 0 radical (unpaired) electrons. The highest BCUT2D eigenvalue weighted by atomic mass is 16.7. The summed E-state index contributed by atoms with van der Waals surface area (Å²) < 4.78 is 27.4. The van der Waals surface area contributed by atoms with Gasteiger partial charge >= 0.3 is 0 Å². The first kappa shape index (κ1) is 29.0. The van der Waals surface area contributed by atoms with Crippen LogP contribution in [-0.2, 0) is 9.47 Å². The van der Waals surface area contributed by atoms with Gasteiger partial charge in [-0.3, -0.25) is 4.79 Å². The number of aliphatic hydroxyl groups is 7. The first-order valence-corrected chi connectivity index (χ1v) is 12.4. The third kappa shape index (κ3) is 5.54. The van der Waals surface area contributed by atoms with Crippen LogP contribution in [0, 0.1) is 0 Å². The van der Waals surface area contributed by atoms with Crippen LogP contribution in [0.15, 0.2) is 45.6 Å². The van der Waals surface area contributed by atoms with E-state index < -0.39 is 73.1 Å². The molecule has 2 aromatic carbocycles. The smallest absolute Gasteiger partial charge is 0.229 e. The summed E-state index contributed by atoms with van der Waals surface area (Å²) in [6.45, 7) is -1.02. The standard InChI is InChI=1S/C26H28O15/c27-7-18-21(33)22(34)24(36)26(41-18)38-10-4-12(29)19-13(30)6-15(39-17(19)5-10)9-1-2-11(28)16(3-9)40-25-23(35)20(32)14(31)8-37-25/h1-6,14,18,20-29,31-36H,7-8H2/t14-,18?,20+,21-,22+,23?,24?,25+,26-/m1/s1. The average molecular weight is 580 g/mol. The lowest BCUT2D eigenvalue weighted by molar-refractivity contribution is -0.277. The number of rotatable bonds is 6. The Morgan fingerprint density at radius 1 is 0.805 bits per heavy atom. The second-order valence-electron chi connectivity index (χ2n) is 9.66. The molecule has 2 saturated heterocycles. The molecule has 0 saturated carbocycles. The zero-order valence-electron chi connectivity index (χ0n) is 21.0. The highest BCUT2D eigenvalue weighted by Crippen LogP contribution is 2.36. The van der Waals surface area contributed by atoms with Crippen molar-refractivity contribution in [2.24, 2.45) is 0 Å². The van der Waals surface area contributed by atoms with Gasteiger partial charge in [0.05, 0.1) is 13.2 Å². The Morgan fingerprint density at radius 3 is 2.27 bits per heavy atom. The fourth-order valence-electron chi connectivity index (χ4n) is 4.52. The molecule has 1 aromatic heterocycles. The average Bonchev–Trinajstić information content (AvgIpc) is 2.94. The van der Waals surface area contributed by atoms with E-state index in [1.165, 1.54) is 24.3 Å². The molecule has 0 aliphatic carbocycles. The number of phenols is 2. The molecule has 9 atom stereocenters. The maximum absolute atomic E-state index is 12.9. The summed E-state index contributed by atoms with van der Waals surface area (Å²) in [6.07, 6.45) is -13.8. The highest BCUT2D eigenvalue weighted by molar-refractivity contribution is 5.86. The van der Waals surface area contributed by atoms with Gasteiger partial charge in [-0.25, -0.2) is 0 Å². The molecule has 3 unspecified atom stereocenters. The Balaban J connectivity index is 1.45. The maximum atomic E-state index is 12.9. The highest BCUT2D eigenvalue weighted by Gasteiger charge is 2.45. The minimum atomic E-state index is -1.73. The molecule has 9 N–H and O–H groups in total. The first-order chi connectivity index (χ1) is 19.5. The molecule has 0 spiro atoms. The number of aromatic hydroxyl groups is 2. The van der Waals surface area contributed by atoms with E-state index in [-0.39, 0.29) is 46.1 Å². The van der Waals surface area contributed by atoms with Crippen LogP contribution in [0.2, 0.25) is 0 Å². The quantitative estimate of drug-likeness (QED) is 0.151. The molecule has 41 heavy (non-hydrogen) atoms. The summed E-state index contributed by atoms with van der Waals surface area (Å²) in [7, 11) is 0. The molecule has 0 bridgehead atoms. The molecule has 2 aliphatic heterocycles. The molecule has 15 nitrogen and oxygen atoms in total. The predicted molar refractivity (Wildman–Crippen MR) is 134 cm³/mol. The normalized spacial score (nSPS) is 32.1. The van der Waals surface area contributed by atoms with Crippen LogP contribution in [0.5, 0.6) is 23.0 Å². The molecule has 2 aliphatic rings. The summed E-state index contributed by atoms with van der Waals surface area (Å²) in [5, 5.41) is 89.8. The van der Waals surface area contributed by atoms with Crippen LogP contribution < -0.4 is 14.9 Å². The zero-order chi connectivity index (χ0) is 29.6. The maximum Gasteiger partial charge on any atom is 0.229 e. The Morgan fingerprint density at radius 2 is 1.54 bits per heavy atom. The number of ether oxygens (including phenoxy) is 4. The van der Waals surface area contributed by atoms with Gasteiger partial charge in [-0.2, -0.15) is 0 Å². The lowest BCUT2D eigenvalue weighted by atomic mass is 9.99. The summed E-state index contributed by atoms with van der Waals surface area (Å²) >= 11 is 0. The molecule has 0 amide bonds. The van der Waals surface area contributed by atoms with Gasteiger partial charge in [-0.15, -0.1) is 0 Å². The lowest BCUT2D eigenvalue weighted by Crippen LogP contribution is -2.60. The van der Waals surface area contributed by atoms with Gasteiger partial charge in [0.1, 0.15) is 71.0 Å². The molecule has 3 heterocycles. The van der Waals surface area contributed by atoms with Crippen molar-refractivity contribution in [2.75, 3.05) is 13.2 Å². The number of phenolic OH excluding ortho intramolecular Hbond substituents is 2. The molecule has 5 rings (SSSR count). The fourth-order valence-corrected chi connectivity index (χ4v) is 4.52. The Labute approximate surface area is 230 Å². The Kier molecular flexibility index (Phi) is 8.06. The third-order valence-corrected chi connectivity index (χ3v) is 6.83. The summed E-state index contributed by atoms with van der Waals surface area (Å²) in [5.74, 6) is -1.32. The predicted octanol–water partition coefficient (Wildman–Crippen LogP) is -2.13. The van der Waals surface area contributed by atoms with E-state index in [0.29, 0.717) is 0 Å². The van der Waals surface area contributed by atoms with Crippen LogP contribution in [0.3, 0.4) is 0 Å². The van der Waals surface area contributed by atoms with Crippen molar-refractivity contribution in [3.8, 4) is 34.3 Å². The van der Waals surface area contributed by atoms with Gasteiger partial charge in [-0.05, 0) is 18.2 Å². The second-order valence-corrected chi connectivity index (χ2v) is 9.66. The van der Waals surface area contributed by atoms with Crippen molar-refractivity contribution in [1.29, 1.82) is 0 Å². The minimum absolute atomic E-state index is 0.0442. The molecule has 2 fully saturated rings. The molecular weight excluding hydrogens is 552 g/mol. The summed E-state index contributed by atoms with van der Waals surface area (Å²) in [6, 6.07) is 7.19. The summed E-state index contributed by atoms with van der Waals surface area (Å²) in [5.41, 5.74) is -0.606. The number of hydrogen-bond donors (Lipinski definition) is 9. The van der Waals surface area contributed by atoms with Gasteiger partial charge in [0.2, 0.25) is 12.6 Å². The van der Waals surface area contributed by atoms with Crippen molar-refractivity contribution in [3.63, 3.8) is 0 Å². The van der Waals surface area contributed by atoms with Crippen molar-refractivity contribution in [3.05, 3.63) is 46.6 Å². The zero-order valence-corrected chi connectivity index (χ0v) is 21.0. The third-order valence-electron chi connectivity index (χ3n) is 6.83. The van der Waals surface area contributed by atoms with Crippen LogP contribution in [0.1, 0.15) is 0 Å². The first-order valence-electron chi connectivity index (χ1n) is 12.4. The SMILES string of the molecule is O=c1cc(-c2ccc(O)c(O[C@@H]3OC[C@@H](O)[C@H](O)C3O)c2)oc2cc(O[C@@H]3OC(CO)[C@@H](O)[C@H](O)C3O)cc(O)c12. The van der Waals surface area contributed by atoms with Gasteiger partial charge in [0.15, 0.2) is 16.9 Å². The van der Waals surface area contributed by atoms with E-state index >= 15 is 0 Å². The molecule has 15 heteroatoms. The van der Waals surface area contributed by atoms with Crippen molar-refractivity contribution in [2.45, 2.75) is 55.3 Å². The van der Waals surface area contributed by atoms with E-state index in [1.807, 2.05) is 0 Å². The van der Waals surface area contributed by atoms with Crippen molar-refractivity contribution < 1.29 is 69.3 Å². The number of benzene rings is 2. The van der Waals surface area contributed by atoms with Crippen LogP contribution in [0.25, 0.3) is 22.3 Å². The van der Waals surface area contributed by atoms with Crippen LogP contribution in [-0.4, -0.2) is 114 Å². The van der Waals surface area contributed by atoms with Gasteiger partial charge in [-0.1, -0.05) is 0 Å². The van der Waals surface area contributed by atoms with E-state index in [9.17, 15) is 50.8 Å². The Bertz CT molecular complexity index is 1450. The number of aliphatic hydroxyl groups excluding tert-OH is 7. The largest absolute Gasteiger partial charge is 0.507 e. The summed E-state index contributed by atoms with van der Waals surface area (Å²) in [4.78, 5) is 12.9. The van der Waals surface area contributed by atoms with Crippen molar-refractivity contribution in [1.82, 2.24) is 0 Å². The molecule has 222 valence electrons. The van der Waals surface area contributed by atoms with E-state index in [4.69, 9.17) is 23.4 Å². The van der Waals surface area contributed by atoms with E-state index in [0.717, 1.165) is 12.1 Å². The topological polar surface area (TPSA) is 249 Å². The minimum Gasteiger partial charge on any atom is -0.507 e. The van der Waals surface area contributed by atoms with Gasteiger partial charge in [0, 0.05) is 23.8 Å². The number of fused-ring (bicyclic) bond motifs is 1. The van der Waals surface area contributed by atoms with Gasteiger partial charge < -0.3 is 69.3 Å². The monoisotopic (exact) mass is 580 g/mol.